The summed E-state index contributed by atoms with van der Waals surface area (Å²) < 4.78 is 17.8. The minimum absolute atomic E-state index is 0.338. The number of carbonyl (C=O) groups excluding carboxylic acids is 1. The van der Waals surface area contributed by atoms with E-state index in [1.165, 1.54) is 0 Å². The van der Waals surface area contributed by atoms with Crippen molar-refractivity contribution < 1.29 is 23.9 Å². The van der Waals surface area contributed by atoms with Crippen LogP contribution in [0.25, 0.3) is 0 Å². The van der Waals surface area contributed by atoms with Crippen molar-refractivity contribution in [2.45, 2.75) is 102 Å². The Kier molecular flexibility index (Phi) is 5.08. The van der Waals surface area contributed by atoms with Crippen LogP contribution in [0.15, 0.2) is 24.3 Å². The van der Waals surface area contributed by atoms with Gasteiger partial charge in [-0.15, -0.1) is 0 Å². The molecule has 3 aliphatic rings. The van der Waals surface area contributed by atoms with Gasteiger partial charge in [-0.1, -0.05) is 24.3 Å². The van der Waals surface area contributed by atoms with E-state index in [1.54, 1.807) is 0 Å². The molecule has 3 fully saturated rings. The number of hydrogen-bond acceptors (Lipinski definition) is 5. The molecule has 7 heteroatoms. The summed E-state index contributed by atoms with van der Waals surface area (Å²) in [5.41, 5.74) is -0.819. The minimum Gasteiger partial charge on any atom is -0.444 e. The summed E-state index contributed by atoms with van der Waals surface area (Å²) >= 11 is 0. The Balaban J connectivity index is 1.54. The summed E-state index contributed by atoms with van der Waals surface area (Å²) in [5.74, 6) is 0.338. The zero-order chi connectivity index (χ0) is 22.9. The highest BCUT2D eigenvalue weighted by molar-refractivity contribution is 6.62. The van der Waals surface area contributed by atoms with Crippen molar-refractivity contribution in [2.75, 3.05) is 0 Å². The smallest absolute Gasteiger partial charge is 0.444 e. The van der Waals surface area contributed by atoms with Gasteiger partial charge in [0.2, 0.25) is 0 Å². The second kappa shape index (κ2) is 6.96. The maximum absolute atomic E-state index is 12.6. The molecular weight excluding hydrogens is 393 g/mol. The van der Waals surface area contributed by atoms with Crippen molar-refractivity contribution in [3.63, 3.8) is 0 Å². The first-order valence-electron chi connectivity index (χ1n) is 11.3. The molecule has 0 bridgehead atoms. The molecule has 170 valence electrons. The Morgan fingerprint density at radius 2 is 1.58 bits per heavy atom. The van der Waals surface area contributed by atoms with Crippen LogP contribution < -0.4 is 10.8 Å². The highest BCUT2D eigenvalue weighted by atomic mass is 16.7. The van der Waals surface area contributed by atoms with Crippen molar-refractivity contribution in [1.82, 2.24) is 5.32 Å². The standard InChI is InChI=1S/C24H36BNO5/c1-20(2,3)29-19(27)26-23(14-24(28,15-23)17-8-9-17)16-10-12-18(13-11-16)25-30-21(4,5)22(6,7)31-25/h10-13,17,28H,8-9,14-15H2,1-7H3,(H,26,27)/t23-,24-. The van der Waals surface area contributed by atoms with E-state index in [2.05, 4.69) is 5.32 Å². The molecule has 0 atom stereocenters. The predicted molar refractivity (Wildman–Crippen MR) is 120 cm³/mol. The molecular formula is C24H36BNO5. The van der Waals surface area contributed by atoms with Crippen LogP contribution in [0, 0.1) is 5.92 Å². The van der Waals surface area contributed by atoms with Crippen LogP contribution in [-0.4, -0.2) is 40.7 Å². The van der Waals surface area contributed by atoms with Crippen LogP contribution >= 0.6 is 0 Å². The Hall–Kier alpha value is -1.57. The first-order valence-corrected chi connectivity index (χ1v) is 11.3. The van der Waals surface area contributed by atoms with E-state index in [4.69, 9.17) is 14.0 Å². The number of ether oxygens (including phenoxy) is 1. The fourth-order valence-electron chi connectivity index (χ4n) is 4.70. The van der Waals surface area contributed by atoms with E-state index in [0.717, 1.165) is 23.9 Å². The van der Waals surface area contributed by atoms with Crippen molar-refractivity contribution >= 4 is 18.7 Å². The summed E-state index contributed by atoms with van der Waals surface area (Å²) in [6, 6.07) is 7.99. The van der Waals surface area contributed by atoms with Gasteiger partial charge in [0.1, 0.15) is 5.60 Å². The van der Waals surface area contributed by atoms with Crippen LogP contribution in [0.2, 0.25) is 0 Å². The molecule has 6 nitrogen and oxygen atoms in total. The van der Waals surface area contributed by atoms with E-state index in [0.29, 0.717) is 18.8 Å². The average Bonchev–Trinajstić information content (AvgIpc) is 3.39. The van der Waals surface area contributed by atoms with E-state index in [9.17, 15) is 9.90 Å². The molecule has 31 heavy (non-hydrogen) atoms. The van der Waals surface area contributed by atoms with Gasteiger partial charge in [-0.2, -0.15) is 0 Å². The third-order valence-electron chi connectivity index (χ3n) is 7.28. The van der Waals surface area contributed by atoms with Gasteiger partial charge in [0.05, 0.1) is 22.3 Å². The van der Waals surface area contributed by atoms with Gasteiger partial charge >= 0.3 is 13.2 Å². The molecule has 1 aliphatic heterocycles. The van der Waals surface area contributed by atoms with Gasteiger partial charge in [-0.25, -0.2) is 4.79 Å². The summed E-state index contributed by atoms with van der Waals surface area (Å²) in [5, 5.41) is 14.1. The quantitative estimate of drug-likeness (QED) is 0.715. The fourth-order valence-corrected chi connectivity index (χ4v) is 4.70. The number of amides is 1. The molecule has 0 radical (unpaired) electrons. The lowest BCUT2D eigenvalue weighted by atomic mass is 9.59. The SMILES string of the molecule is CC(C)(C)OC(=O)N[C@]1(c2ccc(B3OC(C)(C)C(C)(C)O3)cc2)C[C@](O)(C2CC2)C1. The van der Waals surface area contributed by atoms with Crippen molar-refractivity contribution in [3.8, 4) is 0 Å². The fraction of sp³-hybridized carbons (Fsp3) is 0.708. The Bertz CT molecular complexity index is 832. The molecule has 1 saturated heterocycles. The van der Waals surface area contributed by atoms with Gasteiger partial charge in [0, 0.05) is 12.8 Å². The number of carbonyl (C=O) groups is 1. The van der Waals surface area contributed by atoms with Gasteiger partial charge < -0.3 is 24.5 Å². The third kappa shape index (κ3) is 4.24. The van der Waals surface area contributed by atoms with Gasteiger partial charge in [0.15, 0.2) is 0 Å². The first kappa shape index (κ1) is 22.6. The number of hydrogen-bond donors (Lipinski definition) is 2. The molecule has 1 aromatic rings. The molecule has 0 spiro atoms. The number of aliphatic hydroxyl groups is 1. The summed E-state index contributed by atoms with van der Waals surface area (Å²) in [7, 11) is -0.432. The highest BCUT2D eigenvalue weighted by Crippen LogP contribution is 2.58. The minimum atomic E-state index is -0.709. The summed E-state index contributed by atoms with van der Waals surface area (Å²) in [6.07, 6.45) is 2.65. The molecule has 1 aromatic carbocycles. The predicted octanol–water partition coefficient (Wildman–Crippen LogP) is 3.64. The van der Waals surface area contributed by atoms with Crippen LogP contribution in [-0.2, 0) is 19.6 Å². The summed E-state index contributed by atoms with van der Waals surface area (Å²) in [4.78, 5) is 12.6. The number of rotatable bonds is 4. The monoisotopic (exact) mass is 429 g/mol. The van der Waals surface area contributed by atoms with Crippen LogP contribution in [0.1, 0.15) is 79.7 Å². The van der Waals surface area contributed by atoms with Crippen LogP contribution in [0.3, 0.4) is 0 Å². The van der Waals surface area contributed by atoms with Crippen LogP contribution in [0.5, 0.6) is 0 Å². The lowest BCUT2D eigenvalue weighted by Crippen LogP contribution is -2.64. The number of nitrogens with one attached hydrogen (secondary N) is 1. The Labute approximate surface area is 186 Å². The maximum atomic E-state index is 12.6. The summed E-state index contributed by atoms with van der Waals surface area (Å²) in [6.45, 7) is 13.7. The highest BCUT2D eigenvalue weighted by Gasteiger charge is 2.61. The number of alkyl carbamates (subject to hydrolysis) is 1. The molecule has 1 amide bonds. The van der Waals surface area contributed by atoms with E-state index in [1.807, 2.05) is 72.7 Å². The zero-order valence-corrected chi connectivity index (χ0v) is 19.9. The normalized spacial score (nSPS) is 31.8. The van der Waals surface area contributed by atoms with Crippen LogP contribution in [0.4, 0.5) is 4.79 Å². The average molecular weight is 429 g/mol. The van der Waals surface area contributed by atoms with Gasteiger partial charge in [0.25, 0.3) is 0 Å². The van der Waals surface area contributed by atoms with Crippen molar-refractivity contribution in [2.24, 2.45) is 5.92 Å². The molecule has 0 unspecified atom stereocenters. The number of benzene rings is 1. The molecule has 4 rings (SSSR count). The molecule has 1 heterocycles. The first-order chi connectivity index (χ1) is 14.1. The Morgan fingerprint density at radius 3 is 2.03 bits per heavy atom. The maximum Gasteiger partial charge on any atom is 0.494 e. The lowest BCUT2D eigenvalue weighted by molar-refractivity contribution is -0.118. The van der Waals surface area contributed by atoms with Crippen molar-refractivity contribution in [3.05, 3.63) is 29.8 Å². The van der Waals surface area contributed by atoms with E-state index < -0.39 is 41.2 Å². The molecule has 0 aromatic heterocycles. The van der Waals surface area contributed by atoms with Crippen molar-refractivity contribution in [1.29, 1.82) is 0 Å². The lowest BCUT2D eigenvalue weighted by Gasteiger charge is -2.54. The largest absolute Gasteiger partial charge is 0.494 e. The van der Waals surface area contributed by atoms with E-state index >= 15 is 0 Å². The van der Waals surface area contributed by atoms with E-state index in [-0.39, 0.29) is 0 Å². The molecule has 2 N–H and O–H groups in total. The zero-order valence-electron chi connectivity index (χ0n) is 19.9. The third-order valence-corrected chi connectivity index (χ3v) is 7.28. The topological polar surface area (TPSA) is 77.0 Å². The second-order valence-electron chi connectivity index (χ2n) is 11.7. The van der Waals surface area contributed by atoms with Gasteiger partial charge in [-0.3, -0.25) is 0 Å². The second-order valence-corrected chi connectivity index (χ2v) is 11.7. The molecule has 2 aliphatic carbocycles. The molecule has 2 saturated carbocycles. The Morgan fingerprint density at radius 1 is 1.06 bits per heavy atom. The van der Waals surface area contributed by atoms with Gasteiger partial charge in [-0.05, 0) is 78.3 Å².